The van der Waals surface area contributed by atoms with E-state index in [1.54, 1.807) is 0 Å². The van der Waals surface area contributed by atoms with Gasteiger partial charge in [0.15, 0.2) is 0 Å². The van der Waals surface area contributed by atoms with Crippen molar-refractivity contribution in [1.82, 2.24) is 9.29 Å². The van der Waals surface area contributed by atoms with E-state index < -0.39 is 21.9 Å². The summed E-state index contributed by atoms with van der Waals surface area (Å²) in [5.41, 5.74) is 1.35. The number of amides is 1. The molecule has 0 aliphatic carbocycles. The van der Waals surface area contributed by atoms with Crippen molar-refractivity contribution in [2.45, 2.75) is 11.4 Å². The number of fused-ring (bicyclic) bond motifs is 1. The van der Waals surface area contributed by atoms with Crippen LogP contribution in [0.1, 0.15) is 25.6 Å². The van der Waals surface area contributed by atoms with Crippen LogP contribution in [0.3, 0.4) is 0 Å². The lowest BCUT2D eigenvalue weighted by molar-refractivity contribution is 0.0695. The molecule has 0 saturated heterocycles. The number of aromatic nitrogens is 1. The van der Waals surface area contributed by atoms with E-state index in [1.807, 2.05) is 0 Å². The van der Waals surface area contributed by atoms with Gasteiger partial charge >= 0.3 is 5.97 Å². The van der Waals surface area contributed by atoms with Crippen molar-refractivity contribution in [3.8, 4) is 0 Å². The molecule has 0 fully saturated rings. The molecule has 0 saturated carbocycles. The Labute approximate surface area is 123 Å². The fraction of sp³-hybridized carbons (Fsp3) is 0.0833. The molecule has 0 atom stereocenters. The summed E-state index contributed by atoms with van der Waals surface area (Å²) in [7, 11) is -4.03. The fourth-order valence-electron chi connectivity index (χ4n) is 2.03. The highest BCUT2D eigenvalue weighted by molar-refractivity contribution is 7.90. The molecule has 1 aliphatic heterocycles. The Kier molecular flexibility index (Phi) is 3.03. The number of carbonyl (C=O) groups excluding carboxylic acids is 1. The number of carbonyl (C=O) groups is 2. The molecule has 108 valence electrons. The fourth-order valence-corrected chi connectivity index (χ4v) is 4.26. The van der Waals surface area contributed by atoms with Crippen LogP contribution in [0.25, 0.3) is 0 Å². The van der Waals surface area contributed by atoms with Crippen LogP contribution >= 0.6 is 11.3 Å². The van der Waals surface area contributed by atoms with E-state index in [4.69, 9.17) is 5.11 Å². The van der Waals surface area contributed by atoms with Gasteiger partial charge in [-0.15, -0.1) is 11.3 Å². The number of hydrogen-bond donors (Lipinski definition) is 1. The zero-order valence-corrected chi connectivity index (χ0v) is 12.0. The minimum absolute atomic E-state index is 0.00971. The minimum Gasteiger partial charge on any atom is -0.478 e. The first-order chi connectivity index (χ1) is 9.91. The van der Waals surface area contributed by atoms with E-state index in [9.17, 15) is 18.0 Å². The summed E-state index contributed by atoms with van der Waals surface area (Å²) in [6, 6.07) is 3.45. The maximum Gasteiger partial charge on any atom is 0.335 e. The van der Waals surface area contributed by atoms with Crippen LogP contribution in [-0.2, 0) is 16.6 Å². The first-order valence-corrected chi connectivity index (χ1v) is 8.05. The Morgan fingerprint density at radius 1 is 1.38 bits per heavy atom. The Bertz CT molecular complexity index is 843. The van der Waals surface area contributed by atoms with Crippen LogP contribution in [0.15, 0.2) is 34.8 Å². The third-order valence-corrected chi connectivity index (χ3v) is 5.57. The molecule has 0 unspecified atom stereocenters. The van der Waals surface area contributed by atoms with Crippen LogP contribution in [0.5, 0.6) is 0 Å². The standard InChI is InChI=1S/C12H8N2O5S2/c15-11-9-2-1-7(12(16)17)3-10(9)21(18,19)14(11)5-8-4-13-6-20-8/h1-4,6H,5H2,(H,16,17). The van der Waals surface area contributed by atoms with E-state index in [0.717, 1.165) is 10.4 Å². The van der Waals surface area contributed by atoms with Gasteiger partial charge in [0.05, 0.1) is 23.2 Å². The van der Waals surface area contributed by atoms with Gasteiger partial charge in [-0.1, -0.05) is 0 Å². The molecule has 1 N–H and O–H groups in total. The van der Waals surface area contributed by atoms with Gasteiger partial charge in [-0.3, -0.25) is 9.78 Å². The summed E-state index contributed by atoms with van der Waals surface area (Å²) in [6.45, 7) is -0.108. The van der Waals surface area contributed by atoms with Crippen LogP contribution in [-0.4, -0.2) is 34.7 Å². The summed E-state index contributed by atoms with van der Waals surface area (Å²) < 4.78 is 25.5. The minimum atomic E-state index is -4.03. The van der Waals surface area contributed by atoms with Crippen molar-refractivity contribution in [3.63, 3.8) is 0 Å². The van der Waals surface area contributed by atoms with E-state index in [2.05, 4.69) is 4.98 Å². The molecule has 0 radical (unpaired) electrons. The molecule has 3 rings (SSSR count). The number of carboxylic acids is 1. The van der Waals surface area contributed by atoms with Crippen LogP contribution in [0.2, 0.25) is 0 Å². The number of thiazole rings is 1. The molecular formula is C12H8N2O5S2. The Balaban J connectivity index is 2.08. The number of nitrogens with zero attached hydrogens (tertiary/aromatic N) is 2. The Morgan fingerprint density at radius 2 is 2.14 bits per heavy atom. The zero-order valence-electron chi connectivity index (χ0n) is 10.4. The number of carboxylic acid groups (broad SMARTS) is 1. The van der Waals surface area contributed by atoms with Gasteiger partial charge in [-0.25, -0.2) is 17.5 Å². The maximum absolute atomic E-state index is 12.4. The van der Waals surface area contributed by atoms with Gasteiger partial charge in [0, 0.05) is 11.1 Å². The number of aromatic carboxylic acids is 1. The first kappa shape index (κ1) is 13.7. The smallest absolute Gasteiger partial charge is 0.335 e. The van der Waals surface area contributed by atoms with Crippen molar-refractivity contribution >= 4 is 33.2 Å². The number of sulfonamides is 1. The van der Waals surface area contributed by atoms with Crippen LogP contribution < -0.4 is 0 Å². The Morgan fingerprint density at radius 3 is 2.76 bits per heavy atom. The topological polar surface area (TPSA) is 105 Å². The molecule has 1 aromatic carbocycles. The van der Waals surface area contributed by atoms with Crippen LogP contribution in [0, 0.1) is 0 Å². The summed E-state index contributed by atoms with van der Waals surface area (Å²) in [5.74, 6) is -1.91. The van der Waals surface area contributed by atoms with Gasteiger partial charge in [0.2, 0.25) is 0 Å². The predicted octanol–water partition coefficient (Wildman–Crippen LogP) is 1.19. The molecule has 0 spiro atoms. The van der Waals surface area contributed by atoms with E-state index in [-0.39, 0.29) is 22.6 Å². The largest absolute Gasteiger partial charge is 0.478 e. The van der Waals surface area contributed by atoms with Gasteiger partial charge in [-0.05, 0) is 18.2 Å². The second-order valence-electron chi connectivity index (χ2n) is 4.30. The average Bonchev–Trinajstić information content (AvgIpc) is 3.01. The summed E-state index contributed by atoms with van der Waals surface area (Å²) in [5, 5.41) is 8.93. The second-order valence-corrected chi connectivity index (χ2v) is 7.10. The summed E-state index contributed by atoms with van der Waals surface area (Å²) in [6.07, 6.45) is 1.49. The lowest BCUT2D eigenvalue weighted by Gasteiger charge is -2.13. The van der Waals surface area contributed by atoms with Crippen LogP contribution in [0.4, 0.5) is 0 Å². The first-order valence-electron chi connectivity index (χ1n) is 5.73. The molecule has 2 aromatic rings. The van der Waals surface area contributed by atoms with E-state index in [0.29, 0.717) is 4.88 Å². The third-order valence-electron chi connectivity index (χ3n) is 3.04. The molecule has 1 aromatic heterocycles. The second kappa shape index (κ2) is 4.64. The molecule has 21 heavy (non-hydrogen) atoms. The van der Waals surface area contributed by atoms with Crippen molar-refractivity contribution < 1.29 is 23.1 Å². The normalized spacial score (nSPS) is 16.0. The third kappa shape index (κ3) is 2.10. The molecule has 1 amide bonds. The van der Waals surface area contributed by atoms with Gasteiger partial charge in [-0.2, -0.15) is 0 Å². The van der Waals surface area contributed by atoms with Gasteiger partial charge in [0.1, 0.15) is 4.90 Å². The number of rotatable bonds is 3. The van der Waals surface area contributed by atoms with E-state index in [1.165, 1.54) is 35.2 Å². The predicted molar refractivity (Wildman–Crippen MR) is 72.6 cm³/mol. The molecule has 9 heteroatoms. The lowest BCUT2D eigenvalue weighted by Crippen LogP contribution is -2.29. The SMILES string of the molecule is O=C(O)c1ccc2c(c1)S(=O)(=O)N(Cc1cncs1)C2=O. The highest BCUT2D eigenvalue weighted by Gasteiger charge is 2.41. The molecule has 7 nitrogen and oxygen atoms in total. The molecule has 0 bridgehead atoms. The molecular weight excluding hydrogens is 316 g/mol. The summed E-state index contributed by atoms with van der Waals surface area (Å²) >= 11 is 1.24. The zero-order chi connectivity index (χ0) is 15.2. The highest BCUT2D eigenvalue weighted by Crippen LogP contribution is 2.32. The van der Waals surface area contributed by atoms with Crippen molar-refractivity contribution in [1.29, 1.82) is 0 Å². The van der Waals surface area contributed by atoms with Crippen molar-refractivity contribution in [2.24, 2.45) is 0 Å². The van der Waals surface area contributed by atoms with Crippen molar-refractivity contribution in [3.05, 3.63) is 45.9 Å². The Hall–Kier alpha value is -2.26. The van der Waals surface area contributed by atoms with Crippen molar-refractivity contribution in [2.75, 3.05) is 0 Å². The molecule has 1 aliphatic rings. The molecule has 2 heterocycles. The lowest BCUT2D eigenvalue weighted by atomic mass is 10.1. The van der Waals surface area contributed by atoms with Gasteiger partial charge in [0.25, 0.3) is 15.9 Å². The maximum atomic E-state index is 12.4. The summed E-state index contributed by atoms with van der Waals surface area (Å²) in [4.78, 5) is 27.3. The highest BCUT2D eigenvalue weighted by atomic mass is 32.2. The van der Waals surface area contributed by atoms with Gasteiger partial charge < -0.3 is 5.11 Å². The monoisotopic (exact) mass is 324 g/mol. The number of hydrogen-bond acceptors (Lipinski definition) is 6. The van der Waals surface area contributed by atoms with E-state index >= 15 is 0 Å². The average molecular weight is 324 g/mol. The number of benzene rings is 1. The quantitative estimate of drug-likeness (QED) is 0.909.